The molecule has 2 nitrogen and oxygen atoms in total. The highest BCUT2D eigenvalue weighted by atomic mass is 16.1. The molecule has 1 aliphatic heterocycles. The summed E-state index contributed by atoms with van der Waals surface area (Å²) in [4.78, 5) is 14.7. The number of ketones is 1. The Hall–Kier alpha value is -3.13. The second kappa shape index (κ2) is 6.78. The highest BCUT2D eigenvalue weighted by Gasteiger charge is 2.14. The molecule has 0 unspecified atom stereocenters. The van der Waals surface area contributed by atoms with Crippen LogP contribution in [0.15, 0.2) is 85.1 Å². The predicted molar refractivity (Wildman–Crippen MR) is 102 cm³/mol. The van der Waals surface area contributed by atoms with Crippen molar-refractivity contribution in [3.05, 3.63) is 102 Å². The zero-order valence-corrected chi connectivity index (χ0v) is 13.9. The van der Waals surface area contributed by atoms with E-state index in [-0.39, 0.29) is 5.78 Å². The fraction of sp³-hybridized carbons (Fsp3) is 0.0870. The standard InChI is InChI=1S/C23H19NO/c25-23(17-24-15-14-19-8-4-5-9-22(19)16-24)21-12-10-20(11-13-21)18-6-2-1-3-7-18/h1-15H,16-17H2. The monoisotopic (exact) mass is 325 g/mol. The number of hydrogen-bond donors (Lipinski definition) is 0. The van der Waals surface area contributed by atoms with E-state index in [2.05, 4.69) is 35.2 Å². The van der Waals surface area contributed by atoms with Gasteiger partial charge < -0.3 is 4.90 Å². The number of carbonyl (C=O) groups is 1. The van der Waals surface area contributed by atoms with Crippen molar-refractivity contribution in [3.63, 3.8) is 0 Å². The number of fused-ring (bicyclic) bond motifs is 1. The predicted octanol–water partition coefficient (Wildman–Crippen LogP) is 5.02. The molecule has 3 aromatic rings. The zero-order valence-electron chi connectivity index (χ0n) is 13.9. The van der Waals surface area contributed by atoms with Gasteiger partial charge in [-0.05, 0) is 28.3 Å². The molecule has 3 aromatic carbocycles. The lowest BCUT2D eigenvalue weighted by Crippen LogP contribution is -2.26. The van der Waals surface area contributed by atoms with Crippen LogP contribution in [0.4, 0.5) is 0 Å². The summed E-state index contributed by atoms with van der Waals surface area (Å²) in [7, 11) is 0. The van der Waals surface area contributed by atoms with Gasteiger partial charge in [0.25, 0.3) is 0 Å². The maximum absolute atomic E-state index is 12.6. The van der Waals surface area contributed by atoms with E-state index in [4.69, 9.17) is 0 Å². The van der Waals surface area contributed by atoms with Crippen molar-refractivity contribution in [2.45, 2.75) is 6.54 Å². The van der Waals surface area contributed by atoms with E-state index in [9.17, 15) is 4.79 Å². The van der Waals surface area contributed by atoms with E-state index in [1.165, 1.54) is 11.1 Å². The minimum Gasteiger partial charge on any atom is -0.365 e. The average molecular weight is 325 g/mol. The lowest BCUT2D eigenvalue weighted by Gasteiger charge is -2.24. The van der Waals surface area contributed by atoms with Crippen LogP contribution in [0.1, 0.15) is 21.5 Å². The summed E-state index contributed by atoms with van der Waals surface area (Å²) in [5, 5.41) is 0. The summed E-state index contributed by atoms with van der Waals surface area (Å²) in [6, 6.07) is 26.4. The Morgan fingerprint density at radius 3 is 2.28 bits per heavy atom. The number of benzene rings is 3. The number of rotatable bonds is 4. The molecule has 2 heteroatoms. The molecule has 0 aliphatic carbocycles. The number of nitrogens with zero attached hydrogens (tertiary/aromatic N) is 1. The van der Waals surface area contributed by atoms with Crippen molar-refractivity contribution in [2.24, 2.45) is 0 Å². The third-order valence-electron chi connectivity index (χ3n) is 4.55. The van der Waals surface area contributed by atoms with Gasteiger partial charge in [-0.15, -0.1) is 0 Å². The van der Waals surface area contributed by atoms with Crippen LogP contribution >= 0.6 is 0 Å². The molecule has 0 bridgehead atoms. The topological polar surface area (TPSA) is 20.3 Å². The minimum atomic E-state index is 0.142. The summed E-state index contributed by atoms with van der Waals surface area (Å²) in [6.07, 6.45) is 4.09. The van der Waals surface area contributed by atoms with E-state index in [1.54, 1.807) is 0 Å². The molecule has 0 spiro atoms. The second-order valence-electron chi connectivity index (χ2n) is 6.29. The van der Waals surface area contributed by atoms with Crippen LogP contribution in [0.5, 0.6) is 0 Å². The molecule has 0 aromatic heterocycles. The van der Waals surface area contributed by atoms with Crippen LogP contribution in [0.2, 0.25) is 0 Å². The first-order valence-corrected chi connectivity index (χ1v) is 8.48. The fourth-order valence-electron chi connectivity index (χ4n) is 3.16. The zero-order chi connectivity index (χ0) is 17.1. The molecule has 0 radical (unpaired) electrons. The molecular weight excluding hydrogens is 306 g/mol. The molecule has 0 atom stereocenters. The summed E-state index contributed by atoms with van der Waals surface area (Å²) >= 11 is 0. The lowest BCUT2D eigenvalue weighted by molar-refractivity contribution is 0.0952. The third-order valence-corrected chi connectivity index (χ3v) is 4.55. The molecule has 0 amide bonds. The third kappa shape index (κ3) is 3.38. The number of Topliss-reactive ketones (excluding diaryl/α,β-unsaturated/α-hetero) is 1. The van der Waals surface area contributed by atoms with Gasteiger partial charge in [-0.1, -0.05) is 78.9 Å². The van der Waals surface area contributed by atoms with Gasteiger partial charge in [0.2, 0.25) is 0 Å². The van der Waals surface area contributed by atoms with Gasteiger partial charge in [0.1, 0.15) is 0 Å². The SMILES string of the molecule is O=C(CN1C=Cc2ccccc2C1)c1ccc(-c2ccccc2)cc1. The minimum absolute atomic E-state index is 0.142. The first-order valence-electron chi connectivity index (χ1n) is 8.48. The van der Waals surface area contributed by atoms with E-state index in [0.29, 0.717) is 6.54 Å². The van der Waals surface area contributed by atoms with Crippen LogP contribution in [0.25, 0.3) is 17.2 Å². The Labute approximate surface area is 148 Å². The van der Waals surface area contributed by atoms with Crippen molar-refractivity contribution < 1.29 is 4.79 Å². The first kappa shape index (κ1) is 15.4. The molecule has 1 aliphatic rings. The van der Waals surface area contributed by atoms with Gasteiger partial charge >= 0.3 is 0 Å². The van der Waals surface area contributed by atoms with Crippen molar-refractivity contribution >= 4 is 11.9 Å². The average Bonchev–Trinajstić information content (AvgIpc) is 2.69. The van der Waals surface area contributed by atoms with Crippen molar-refractivity contribution in [3.8, 4) is 11.1 Å². The smallest absolute Gasteiger partial charge is 0.182 e. The van der Waals surface area contributed by atoms with E-state index < -0.39 is 0 Å². The molecule has 1 heterocycles. The highest BCUT2D eigenvalue weighted by molar-refractivity contribution is 5.98. The van der Waals surface area contributed by atoms with Gasteiger partial charge in [0.15, 0.2) is 5.78 Å². The van der Waals surface area contributed by atoms with E-state index in [1.807, 2.05) is 60.8 Å². The van der Waals surface area contributed by atoms with Crippen molar-refractivity contribution in [2.75, 3.05) is 6.54 Å². The van der Waals surface area contributed by atoms with Crippen LogP contribution < -0.4 is 0 Å². The quantitative estimate of drug-likeness (QED) is 0.628. The van der Waals surface area contributed by atoms with Gasteiger partial charge in [0.05, 0.1) is 6.54 Å². The molecular formula is C23H19NO. The molecule has 0 fully saturated rings. The van der Waals surface area contributed by atoms with Crippen LogP contribution in [0, 0.1) is 0 Å². The Balaban J connectivity index is 1.45. The van der Waals surface area contributed by atoms with E-state index in [0.717, 1.165) is 23.2 Å². The Bertz CT molecular complexity index is 910. The van der Waals surface area contributed by atoms with Gasteiger partial charge in [-0.3, -0.25) is 4.79 Å². The summed E-state index contributed by atoms with van der Waals surface area (Å²) in [6.45, 7) is 1.18. The molecule has 25 heavy (non-hydrogen) atoms. The van der Waals surface area contributed by atoms with Crippen molar-refractivity contribution in [1.29, 1.82) is 0 Å². The van der Waals surface area contributed by atoms with Crippen LogP contribution in [-0.4, -0.2) is 17.2 Å². The normalized spacial score (nSPS) is 12.7. The fourth-order valence-corrected chi connectivity index (χ4v) is 3.16. The molecule has 0 saturated carbocycles. The molecule has 0 saturated heterocycles. The Morgan fingerprint density at radius 1 is 0.800 bits per heavy atom. The van der Waals surface area contributed by atoms with Crippen molar-refractivity contribution in [1.82, 2.24) is 4.90 Å². The maximum atomic E-state index is 12.6. The number of hydrogen-bond acceptors (Lipinski definition) is 2. The van der Waals surface area contributed by atoms with Gasteiger partial charge in [0, 0.05) is 18.3 Å². The van der Waals surface area contributed by atoms with Crippen LogP contribution in [0.3, 0.4) is 0 Å². The van der Waals surface area contributed by atoms with Gasteiger partial charge in [-0.2, -0.15) is 0 Å². The Kier molecular flexibility index (Phi) is 4.17. The lowest BCUT2D eigenvalue weighted by atomic mass is 10.0. The number of carbonyl (C=O) groups excluding carboxylic acids is 1. The van der Waals surface area contributed by atoms with E-state index >= 15 is 0 Å². The molecule has 4 rings (SSSR count). The molecule has 0 N–H and O–H groups in total. The maximum Gasteiger partial charge on any atom is 0.182 e. The Morgan fingerprint density at radius 2 is 1.48 bits per heavy atom. The summed E-state index contributed by atoms with van der Waals surface area (Å²) in [5.74, 6) is 0.142. The summed E-state index contributed by atoms with van der Waals surface area (Å²) < 4.78 is 0. The molecule has 122 valence electrons. The summed E-state index contributed by atoms with van der Waals surface area (Å²) in [5.41, 5.74) is 5.54. The van der Waals surface area contributed by atoms with Crippen LogP contribution in [-0.2, 0) is 6.54 Å². The second-order valence-corrected chi connectivity index (χ2v) is 6.29. The largest absolute Gasteiger partial charge is 0.365 e. The first-order chi connectivity index (χ1) is 12.3. The highest BCUT2D eigenvalue weighted by Crippen LogP contribution is 2.21. The van der Waals surface area contributed by atoms with Gasteiger partial charge in [-0.25, -0.2) is 0 Å².